The number of ether oxygens (including phenoxy) is 1. The van der Waals surface area contributed by atoms with Crippen LogP contribution in [0, 0.1) is 0 Å². The van der Waals surface area contributed by atoms with Crippen molar-refractivity contribution in [2.24, 2.45) is 4.99 Å². The van der Waals surface area contributed by atoms with Crippen molar-refractivity contribution in [2.45, 2.75) is 31.7 Å². The lowest BCUT2D eigenvalue weighted by Gasteiger charge is -2.29. The van der Waals surface area contributed by atoms with Gasteiger partial charge in [-0.25, -0.2) is 4.99 Å². The topological polar surface area (TPSA) is 71.0 Å². The molecule has 1 aliphatic rings. The molecule has 0 saturated carbocycles. The lowest BCUT2D eigenvalue weighted by Crippen LogP contribution is -2.63. The fourth-order valence-corrected chi connectivity index (χ4v) is 3.05. The maximum atomic E-state index is 14.1. The zero-order valence-electron chi connectivity index (χ0n) is 16.4. The Hall–Kier alpha value is -3.36. The molecule has 0 radical (unpaired) electrons. The number of amidine groups is 1. The van der Waals surface area contributed by atoms with Gasteiger partial charge in [0.15, 0.2) is 0 Å². The van der Waals surface area contributed by atoms with E-state index in [1.807, 2.05) is 0 Å². The number of hydrogen-bond donors (Lipinski definition) is 1. The molecule has 0 fully saturated rings. The number of aliphatic imine (C=N–C) groups is 1. The summed E-state index contributed by atoms with van der Waals surface area (Å²) in [5.41, 5.74) is -2.46. The minimum atomic E-state index is -5.12. The first-order valence-corrected chi connectivity index (χ1v) is 9.19. The van der Waals surface area contributed by atoms with E-state index in [4.69, 9.17) is 4.74 Å². The number of hydrogen-bond acceptors (Lipinski definition) is 4. The van der Waals surface area contributed by atoms with Crippen LogP contribution < -0.4 is 10.1 Å². The second-order valence-electron chi connectivity index (χ2n) is 6.65. The number of carbonyl (C=O) groups excluding carboxylic acids is 2. The van der Waals surface area contributed by atoms with Gasteiger partial charge in [-0.1, -0.05) is 49.4 Å². The highest BCUT2D eigenvalue weighted by Crippen LogP contribution is 2.39. The van der Waals surface area contributed by atoms with Crippen LogP contribution in [0.4, 0.5) is 13.2 Å². The normalized spacial score (nSPS) is 18.9. The highest BCUT2D eigenvalue weighted by atomic mass is 19.4. The molecule has 2 aromatic carbocycles. The summed E-state index contributed by atoms with van der Waals surface area (Å²) in [5.74, 6) is -1.87. The maximum absolute atomic E-state index is 14.1. The van der Waals surface area contributed by atoms with Crippen LogP contribution in [0.25, 0.3) is 0 Å². The number of benzene rings is 2. The molecule has 1 N–H and O–H groups in total. The number of carbonyl (C=O) groups is 2. The number of methoxy groups -OCH3 is 1. The molecule has 0 aliphatic carbocycles. The lowest BCUT2D eigenvalue weighted by molar-refractivity contribution is -0.200. The van der Waals surface area contributed by atoms with Crippen molar-refractivity contribution in [2.75, 3.05) is 7.11 Å². The number of nitrogens with zero attached hydrogens (tertiary/aromatic N) is 2. The van der Waals surface area contributed by atoms with Crippen LogP contribution in [0.5, 0.6) is 5.75 Å². The third-order valence-corrected chi connectivity index (χ3v) is 4.67. The van der Waals surface area contributed by atoms with Gasteiger partial charge in [0.2, 0.25) is 5.91 Å². The third kappa shape index (κ3) is 3.87. The van der Waals surface area contributed by atoms with E-state index in [-0.39, 0.29) is 18.8 Å². The molecule has 0 aromatic heterocycles. The molecule has 30 heavy (non-hydrogen) atoms. The zero-order chi connectivity index (χ0) is 21.9. The predicted molar refractivity (Wildman–Crippen MR) is 104 cm³/mol. The van der Waals surface area contributed by atoms with Gasteiger partial charge in [0, 0.05) is 12.0 Å². The molecule has 1 heterocycles. The molecular weight excluding hydrogens is 399 g/mol. The highest BCUT2D eigenvalue weighted by Gasteiger charge is 2.67. The van der Waals surface area contributed by atoms with Crippen molar-refractivity contribution >= 4 is 17.6 Å². The SMILES string of the molecule is CCC(=O)N[C@]1(C(F)(F)F)N=C(c2ccccc2)N(Cc2ccc(OC)cc2)C1=O. The van der Waals surface area contributed by atoms with E-state index in [0.29, 0.717) is 16.9 Å². The van der Waals surface area contributed by atoms with E-state index in [9.17, 15) is 22.8 Å². The van der Waals surface area contributed by atoms with Crippen LogP contribution in [-0.2, 0) is 16.1 Å². The molecule has 1 aliphatic heterocycles. The molecule has 2 aromatic rings. The second-order valence-corrected chi connectivity index (χ2v) is 6.65. The second kappa shape index (κ2) is 8.17. The summed E-state index contributed by atoms with van der Waals surface area (Å²) in [6, 6.07) is 14.7. The van der Waals surface area contributed by atoms with E-state index in [1.165, 1.54) is 14.0 Å². The van der Waals surface area contributed by atoms with E-state index in [0.717, 1.165) is 4.90 Å². The molecule has 9 heteroatoms. The van der Waals surface area contributed by atoms with Gasteiger partial charge >= 0.3 is 11.8 Å². The number of rotatable bonds is 6. The summed E-state index contributed by atoms with van der Waals surface area (Å²) in [7, 11) is 1.49. The van der Waals surface area contributed by atoms with Crippen LogP contribution in [-0.4, -0.2) is 41.5 Å². The summed E-state index contributed by atoms with van der Waals surface area (Å²) in [5, 5.41) is 1.80. The Morgan fingerprint density at radius 2 is 1.77 bits per heavy atom. The fraction of sp³-hybridized carbons (Fsp3) is 0.286. The van der Waals surface area contributed by atoms with Gasteiger partial charge in [-0.05, 0) is 17.7 Å². The van der Waals surface area contributed by atoms with Gasteiger partial charge in [0.1, 0.15) is 11.6 Å². The van der Waals surface area contributed by atoms with Crippen molar-refractivity contribution in [3.05, 3.63) is 65.7 Å². The Bertz CT molecular complexity index is 959. The molecule has 0 spiro atoms. The average molecular weight is 419 g/mol. The average Bonchev–Trinajstić information content (AvgIpc) is 3.02. The summed E-state index contributed by atoms with van der Waals surface area (Å²) in [6.07, 6.45) is -5.34. The van der Waals surface area contributed by atoms with Crippen molar-refractivity contribution in [1.82, 2.24) is 10.2 Å². The predicted octanol–water partition coefficient (Wildman–Crippen LogP) is 3.27. The van der Waals surface area contributed by atoms with Crippen molar-refractivity contribution in [3.63, 3.8) is 0 Å². The molecule has 2 amide bonds. The fourth-order valence-electron chi connectivity index (χ4n) is 3.05. The monoisotopic (exact) mass is 419 g/mol. The number of nitrogens with one attached hydrogen (secondary N) is 1. The van der Waals surface area contributed by atoms with Gasteiger partial charge in [0.05, 0.1) is 13.7 Å². The van der Waals surface area contributed by atoms with Gasteiger partial charge < -0.3 is 10.1 Å². The van der Waals surface area contributed by atoms with Crippen LogP contribution in [0.3, 0.4) is 0 Å². The molecule has 6 nitrogen and oxygen atoms in total. The third-order valence-electron chi connectivity index (χ3n) is 4.67. The number of amides is 2. The van der Waals surface area contributed by atoms with Gasteiger partial charge in [-0.15, -0.1) is 0 Å². The van der Waals surface area contributed by atoms with E-state index < -0.39 is 23.7 Å². The summed E-state index contributed by atoms with van der Waals surface area (Å²) < 4.78 is 47.3. The van der Waals surface area contributed by atoms with Gasteiger partial charge in [0.25, 0.3) is 5.91 Å². The maximum Gasteiger partial charge on any atom is 0.442 e. The Kier molecular flexibility index (Phi) is 5.82. The molecule has 158 valence electrons. The first-order chi connectivity index (χ1) is 14.2. The van der Waals surface area contributed by atoms with Crippen molar-refractivity contribution < 1.29 is 27.5 Å². The zero-order valence-corrected chi connectivity index (χ0v) is 16.4. The Balaban J connectivity index is 2.09. The standard InChI is InChI=1S/C21H20F3N3O3/c1-3-17(28)25-20(21(22,23)24)19(29)27(13-14-9-11-16(30-2)12-10-14)18(26-20)15-7-5-4-6-8-15/h4-12H,3,13H2,1-2H3,(H,25,28)/t20-/m0/s1. The number of halogens is 3. The highest BCUT2D eigenvalue weighted by molar-refractivity contribution is 6.16. The quantitative estimate of drug-likeness (QED) is 0.781. The van der Waals surface area contributed by atoms with Crippen LogP contribution in [0.1, 0.15) is 24.5 Å². The summed E-state index contributed by atoms with van der Waals surface area (Å²) in [4.78, 5) is 29.7. The van der Waals surface area contributed by atoms with Crippen LogP contribution in [0.15, 0.2) is 59.6 Å². The Labute approximate surface area is 171 Å². The molecule has 0 bridgehead atoms. The molecule has 1 atom stereocenters. The summed E-state index contributed by atoms with van der Waals surface area (Å²) in [6.45, 7) is 1.24. The van der Waals surface area contributed by atoms with E-state index >= 15 is 0 Å². The smallest absolute Gasteiger partial charge is 0.442 e. The lowest BCUT2D eigenvalue weighted by atomic mass is 10.1. The summed E-state index contributed by atoms with van der Waals surface area (Å²) >= 11 is 0. The minimum Gasteiger partial charge on any atom is -0.497 e. The Morgan fingerprint density at radius 3 is 2.30 bits per heavy atom. The molecule has 0 unspecified atom stereocenters. The molecular formula is C21H20F3N3O3. The van der Waals surface area contributed by atoms with Gasteiger partial charge in [-0.3, -0.25) is 14.5 Å². The molecule has 0 saturated heterocycles. The van der Waals surface area contributed by atoms with Gasteiger partial charge in [-0.2, -0.15) is 13.2 Å². The van der Waals surface area contributed by atoms with Crippen molar-refractivity contribution in [1.29, 1.82) is 0 Å². The first kappa shape index (κ1) is 21.4. The number of alkyl halides is 3. The van der Waals surface area contributed by atoms with E-state index in [1.54, 1.807) is 59.9 Å². The van der Waals surface area contributed by atoms with Crippen molar-refractivity contribution in [3.8, 4) is 5.75 Å². The first-order valence-electron chi connectivity index (χ1n) is 9.19. The van der Waals surface area contributed by atoms with Crippen LogP contribution >= 0.6 is 0 Å². The minimum absolute atomic E-state index is 0.156. The Morgan fingerprint density at radius 1 is 1.13 bits per heavy atom. The van der Waals surface area contributed by atoms with E-state index in [2.05, 4.69) is 4.99 Å². The molecule has 3 rings (SSSR count). The van der Waals surface area contributed by atoms with Crippen LogP contribution in [0.2, 0.25) is 0 Å². The largest absolute Gasteiger partial charge is 0.497 e.